The molecule has 0 aliphatic heterocycles. The molecule has 0 saturated carbocycles. The Labute approximate surface area is 497 Å². The van der Waals surface area contributed by atoms with E-state index >= 15 is 0 Å². The number of unbranched alkanes of at least 4 members (excludes halogenated alkanes) is 41. The molecule has 0 aliphatic carbocycles. The summed E-state index contributed by atoms with van der Waals surface area (Å²) in [7, 11) is 0. The topological polar surface area (TPSA) is 78.9 Å². The van der Waals surface area contributed by atoms with Crippen molar-refractivity contribution in [1.29, 1.82) is 0 Å². The smallest absolute Gasteiger partial charge is 0.306 e. The van der Waals surface area contributed by atoms with Crippen molar-refractivity contribution in [2.75, 3.05) is 13.2 Å². The van der Waals surface area contributed by atoms with E-state index in [0.717, 1.165) is 96.3 Å². The second kappa shape index (κ2) is 68.3. The van der Waals surface area contributed by atoms with Crippen LogP contribution in [-0.4, -0.2) is 37.2 Å². The number of allylic oxidation sites excluding steroid dienone is 12. The lowest BCUT2D eigenvalue weighted by molar-refractivity contribution is -0.167. The van der Waals surface area contributed by atoms with Gasteiger partial charge in [-0.3, -0.25) is 14.4 Å². The lowest BCUT2D eigenvalue weighted by Gasteiger charge is -2.18. The molecule has 80 heavy (non-hydrogen) atoms. The highest BCUT2D eigenvalue weighted by atomic mass is 16.6. The number of carbonyl (C=O) groups is 3. The third-order valence-corrected chi connectivity index (χ3v) is 15.4. The highest BCUT2D eigenvalue weighted by Gasteiger charge is 2.19. The molecular weight excluding hydrogens is 985 g/mol. The summed E-state index contributed by atoms with van der Waals surface area (Å²) in [5.41, 5.74) is 0. The molecule has 0 aromatic carbocycles. The van der Waals surface area contributed by atoms with Gasteiger partial charge in [0.25, 0.3) is 0 Å². The molecule has 0 aliphatic rings. The van der Waals surface area contributed by atoms with E-state index in [2.05, 4.69) is 93.7 Å². The van der Waals surface area contributed by atoms with Crippen LogP contribution in [0.5, 0.6) is 0 Å². The van der Waals surface area contributed by atoms with E-state index in [1.165, 1.54) is 225 Å². The van der Waals surface area contributed by atoms with Crippen LogP contribution in [-0.2, 0) is 28.6 Å². The average molecular weight is 1120 g/mol. The molecule has 0 spiro atoms. The average Bonchev–Trinajstić information content (AvgIpc) is 3.46. The van der Waals surface area contributed by atoms with E-state index in [1.54, 1.807) is 0 Å². The Bertz CT molecular complexity index is 1470. The third kappa shape index (κ3) is 65.7. The molecule has 0 aromatic heterocycles. The Morgan fingerprint density at radius 2 is 0.450 bits per heavy atom. The SMILES string of the molecule is CCCCC/C=C\C/C=C\CCCCCCCC(=O)OCC(COC(=O)CCCCCCCCCCCCCCCCCCC/C=C\C/C=C\CCCCCCC)OC(=O)CCCCCCCCC/C=C\C/C=C\CCCCCC. The van der Waals surface area contributed by atoms with Gasteiger partial charge in [0, 0.05) is 19.3 Å². The van der Waals surface area contributed by atoms with Crippen molar-refractivity contribution in [3.05, 3.63) is 72.9 Å². The van der Waals surface area contributed by atoms with Gasteiger partial charge in [-0.2, -0.15) is 0 Å². The lowest BCUT2D eigenvalue weighted by Crippen LogP contribution is -2.30. The van der Waals surface area contributed by atoms with Gasteiger partial charge in [-0.05, 0) is 116 Å². The van der Waals surface area contributed by atoms with Crippen LogP contribution in [0.3, 0.4) is 0 Å². The number of hydrogen-bond acceptors (Lipinski definition) is 6. The zero-order valence-corrected chi connectivity index (χ0v) is 53.3. The molecule has 6 heteroatoms. The zero-order valence-electron chi connectivity index (χ0n) is 53.3. The minimum absolute atomic E-state index is 0.0805. The number of esters is 3. The van der Waals surface area contributed by atoms with Crippen molar-refractivity contribution in [3.8, 4) is 0 Å². The van der Waals surface area contributed by atoms with Gasteiger partial charge in [0.2, 0.25) is 0 Å². The third-order valence-electron chi connectivity index (χ3n) is 15.4. The van der Waals surface area contributed by atoms with Crippen molar-refractivity contribution in [2.24, 2.45) is 0 Å². The predicted molar refractivity (Wildman–Crippen MR) is 348 cm³/mol. The molecule has 0 rings (SSSR count). The van der Waals surface area contributed by atoms with Crippen LogP contribution in [0.25, 0.3) is 0 Å². The van der Waals surface area contributed by atoms with E-state index in [4.69, 9.17) is 14.2 Å². The van der Waals surface area contributed by atoms with Crippen LogP contribution in [0.2, 0.25) is 0 Å². The molecule has 0 bridgehead atoms. The predicted octanol–water partition coefficient (Wildman–Crippen LogP) is 24.1. The minimum atomic E-state index is -0.786. The minimum Gasteiger partial charge on any atom is -0.462 e. The Morgan fingerprint density at radius 3 is 0.725 bits per heavy atom. The van der Waals surface area contributed by atoms with Crippen molar-refractivity contribution in [1.82, 2.24) is 0 Å². The lowest BCUT2D eigenvalue weighted by atomic mass is 10.0. The maximum atomic E-state index is 12.9. The summed E-state index contributed by atoms with van der Waals surface area (Å²) in [5.74, 6) is -0.884. The van der Waals surface area contributed by atoms with Gasteiger partial charge >= 0.3 is 17.9 Å². The molecule has 1 atom stereocenters. The van der Waals surface area contributed by atoms with Crippen LogP contribution < -0.4 is 0 Å². The molecule has 0 saturated heterocycles. The van der Waals surface area contributed by atoms with Gasteiger partial charge in [-0.1, -0.05) is 299 Å². The van der Waals surface area contributed by atoms with Crippen LogP contribution >= 0.6 is 0 Å². The fourth-order valence-corrected chi connectivity index (χ4v) is 10.1. The highest BCUT2D eigenvalue weighted by Crippen LogP contribution is 2.17. The maximum Gasteiger partial charge on any atom is 0.306 e. The van der Waals surface area contributed by atoms with Gasteiger partial charge in [0.1, 0.15) is 13.2 Å². The monoisotopic (exact) mass is 1120 g/mol. The highest BCUT2D eigenvalue weighted by molar-refractivity contribution is 5.71. The van der Waals surface area contributed by atoms with Crippen molar-refractivity contribution < 1.29 is 28.6 Å². The first-order valence-electron chi connectivity index (χ1n) is 34.9. The molecule has 0 N–H and O–H groups in total. The van der Waals surface area contributed by atoms with E-state index in [0.29, 0.717) is 19.3 Å². The van der Waals surface area contributed by atoms with Crippen LogP contribution in [0.1, 0.15) is 361 Å². The van der Waals surface area contributed by atoms with Gasteiger partial charge < -0.3 is 14.2 Å². The molecule has 0 amide bonds. The Morgan fingerprint density at radius 1 is 0.250 bits per heavy atom. The molecular formula is C74H132O6. The van der Waals surface area contributed by atoms with Crippen molar-refractivity contribution >= 4 is 17.9 Å². The quantitative estimate of drug-likeness (QED) is 0.0261. The first-order valence-corrected chi connectivity index (χ1v) is 34.9. The normalized spacial score (nSPS) is 12.5. The molecule has 1 unspecified atom stereocenters. The summed E-state index contributed by atoms with van der Waals surface area (Å²) in [6, 6.07) is 0. The van der Waals surface area contributed by atoms with Gasteiger partial charge in [-0.25, -0.2) is 0 Å². The fourth-order valence-electron chi connectivity index (χ4n) is 10.1. The van der Waals surface area contributed by atoms with Crippen LogP contribution in [0.15, 0.2) is 72.9 Å². The van der Waals surface area contributed by atoms with Gasteiger partial charge in [-0.15, -0.1) is 0 Å². The number of rotatable bonds is 64. The van der Waals surface area contributed by atoms with Crippen molar-refractivity contribution in [2.45, 2.75) is 367 Å². The summed E-state index contributed by atoms with van der Waals surface area (Å²) in [6.07, 6.45) is 89.2. The summed E-state index contributed by atoms with van der Waals surface area (Å²) in [4.78, 5) is 38.4. The van der Waals surface area contributed by atoms with E-state index < -0.39 is 6.10 Å². The van der Waals surface area contributed by atoms with Crippen molar-refractivity contribution in [3.63, 3.8) is 0 Å². The summed E-state index contributed by atoms with van der Waals surface area (Å²) in [5, 5.41) is 0. The second-order valence-corrected chi connectivity index (χ2v) is 23.4. The van der Waals surface area contributed by atoms with Gasteiger partial charge in [0.05, 0.1) is 0 Å². The Kier molecular flexibility index (Phi) is 65.7. The fraction of sp³-hybridized carbons (Fsp3) is 0.797. The van der Waals surface area contributed by atoms with Crippen LogP contribution in [0, 0.1) is 0 Å². The largest absolute Gasteiger partial charge is 0.462 e. The summed E-state index contributed by atoms with van der Waals surface area (Å²) >= 11 is 0. The zero-order chi connectivity index (χ0) is 57.8. The van der Waals surface area contributed by atoms with E-state index in [1.807, 2.05) is 0 Å². The number of ether oxygens (including phenoxy) is 3. The Hall–Kier alpha value is -3.15. The number of hydrogen-bond donors (Lipinski definition) is 0. The molecule has 0 fully saturated rings. The summed E-state index contributed by atoms with van der Waals surface area (Å²) < 4.78 is 17.0. The van der Waals surface area contributed by atoms with E-state index in [9.17, 15) is 14.4 Å². The molecule has 0 aromatic rings. The molecule has 6 nitrogen and oxygen atoms in total. The number of carbonyl (C=O) groups excluding carboxylic acids is 3. The Balaban J connectivity index is 4.26. The van der Waals surface area contributed by atoms with E-state index in [-0.39, 0.29) is 31.1 Å². The first kappa shape index (κ1) is 76.9. The summed E-state index contributed by atoms with van der Waals surface area (Å²) in [6.45, 7) is 6.62. The first-order chi connectivity index (χ1) is 39.5. The second-order valence-electron chi connectivity index (χ2n) is 23.4. The maximum absolute atomic E-state index is 12.9. The molecule has 0 radical (unpaired) electrons. The standard InChI is InChI=1S/C74H132O6/c1-4-7-10-13-16-19-22-25-28-30-32-33-34-35-36-37-38-39-40-41-42-44-46-49-52-55-58-61-64-67-73(76)79-70-71(69-78-72(75)66-63-60-57-54-51-48-45-27-24-21-18-15-12-9-6-3)80-74(77)68-65-62-59-56-53-50-47-43-31-29-26-23-20-17-14-11-8-5-2/h18,20-23,25,27,29-32,45,71H,4-17,19,24,26,28,33-44,46-70H2,1-3H3/b21-18-,23-20-,25-22-,31-29-,32-30-,45-27-. The van der Waals surface area contributed by atoms with Crippen LogP contribution in [0.4, 0.5) is 0 Å². The molecule has 464 valence electrons. The molecule has 0 heterocycles. The van der Waals surface area contributed by atoms with Gasteiger partial charge in [0.15, 0.2) is 6.10 Å².